The molecule has 82 valence electrons. The van der Waals surface area contributed by atoms with Gasteiger partial charge in [-0.25, -0.2) is 0 Å². The molecule has 0 bridgehead atoms. The molecule has 0 saturated carbocycles. The van der Waals surface area contributed by atoms with Crippen LogP contribution in [0.15, 0.2) is 48.8 Å². The van der Waals surface area contributed by atoms with Gasteiger partial charge in [0.25, 0.3) is 0 Å². The first-order valence-corrected chi connectivity index (χ1v) is 5.55. The van der Waals surface area contributed by atoms with Gasteiger partial charge in [0.1, 0.15) is 0 Å². The lowest BCUT2D eigenvalue weighted by Gasteiger charge is -2.15. The number of hydrogen-bond donors (Lipinski definition) is 1. The van der Waals surface area contributed by atoms with Crippen molar-refractivity contribution in [3.63, 3.8) is 0 Å². The highest BCUT2D eigenvalue weighted by Gasteiger charge is 2.03. The van der Waals surface area contributed by atoms with E-state index in [1.54, 1.807) is 12.4 Å². The van der Waals surface area contributed by atoms with E-state index < -0.39 is 0 Å². The fraction of sp³-hybridized carbons (Fsp3) is 0.154. The van der Waals surface area contributed by atoms with Gasteiger partial charge in [0.2, 0.25) is 0 Å². The Balaban J connectivity index is 2.08. The van der Waals surface area contributed by atoms with Crippen molar-refractivity contribution in [2.24, 2.45) is 0 Å². The molecule has 1 atom stereocenters. The summed E-state index contributed by atoms with van der Waals surface area (Å²) in [6, 6.07) is 12.0. The van der Waals surface area contributed by atoms with E-state index in [9.17, 15) is 0 Å². The normalized spacial score (nSPS) is 12.1. The molecule has 0 aliphatic rings. The number of pyridine rings is 1. The van der Waals surface area contributed by atoms with Gasteiger partial charge in [-0.15, -0.1) is 0 Å². The van der Waals surface area contributed by atoms with Gasteiger partial charge in [0.05, 0.1) is 0 Å². The predicted molar refractivity (Wildman–Crippen MR) is 67.7 cm³/mol. The zero-order chi connectivity index (χ0) is 11.4. The standard InChI is InChI=1S/C13H13ClN2/c1-10(11-6-8-15-9-7-11)16-13-4-2-12(14)3-5-13/h2-10,16H,1H3/t10-/m1/s1. The maximum Gasteiger partial charge on any atom is 0.0486 e. The minimum atomic E-state index is 0.254. The summed E-state index contributed by atoms with van der Waals surface area (Å²) < 4.78 is 0. The van der Waals surface area contributed by atoms with Gasteiger partial charge >= 0.3 is 0 Å². The molecule has 0 spiro atoms. The molecule has 0 fully saturated rings. The highest BCUT2D eigenvalue weighted by molar-refractivity contribution is 6.30. The van der Waals surface area contributed by atoms with Crippen LogP contribution in [0.25, 0.3) is 0 Å². The number of hydrogen-bond acceptors (Lipinski definition) is 2. The summed E-state index contributed by atoms with van der Waals surface area (Å²) in [5.41, 5.74) is 2.28. The van der Waals surface area contributed by atoms with Crippen LogP contribution in [0.2, 0.25) is 5.02 Å². The van der Waals surface area contributed by atoms with Crippen LogP contribution < -0.4 is 5.32 Å². The van der Waals surface area contributed by atoms with Crippen LogP contribution >= 0.6 is 11.6 Å². The van der Waals surface area contributed by atoms with E-state index in [0.29, 0.717) is 0 Å². The predicted octanol–water partition coefficient (Wildman–Crippen LogP) is 3.91. The van der Waals surface area contributed by atoms with E-state index in [1.165, 1.54) is 5.56 Å². The zero-order valence-electron chi connectivity index (χ0n) is 9.02. The van der Waals surface area contributed by atoms with E-state index in [1.807, 2.05) is 36.4 Å². The fourth-order valence-corrected chi connectivity index (χ4v) is 1.66. The van der Waals surface area contributed by atoms with Crippen molar-refractivity contribution in [2.45, 2.75) is 13.0 Å². The van der Waals surface area contributed by atoms with E-state index >= 15 is 0 Å². The molecule has 0 saturated heterocycles. The second kappa shape index (κ2) is 4.99. The van der Waals surface area contributed by atoms with Gasteiger partial charge < -0.3 is 5.32 Å². The van der Waals surface area contributed by atoms with E-state index in [4.69, 9.17) is 11.6 Å². The number of benzene rings is 1. The first-order chi connectivity index (χ1) is 7.75. The average molecular weight is 233 g/mol. The third-order valence-electron chi connectivity index (χ3n) is 2.43. The number of aromatic nitrogens is 1. The largest absolute Gasteiger partial charge is 0.379 e. The molecule has 1 aromatic heterocycles. The summed E-state index contributed by atoms with van der Waals surface area (Å²) >= 11 is 5.83. The first-order valence-electron chi connectivity index (χ1n) is 5.18. The zero-order valence-corrected chi connectivity index (χ0v) is 9.78. The van der Waals surface area contributed by atoms with E-state index in [2.05, 4.69) is 17.2 Å². The SMILES string of the molecule is C[C@@H](Nc1ccc(Cl)cc1)c1ccncc1. The molecular formula is C13H13ClN2. The number of nitrogens with zero attached hydrogens (tertiary/aromatic N) is 1. The Morgan fingerprint density at radius 3 is 2.31 bits per heavy atom. The highest BCUT2D eigenvalue weighted by Crippen LogP contribution is 2.20. The van der Waals surface area contributed by atoms with Crippen molar-refractivity contribution >= 4 is 17.3 Å². The second-order valence-corrected chi connectivity index (χ2v) is 4.09. The lowest BCUT2D eigenvalue weighted by atomic mass is 10.1. The summed E-state index contributed by atoms with van der Waals surface area (Å²) in [5.74, 6) is 0. The third-order valence-corrected chi connectivity index (χ3v) is 2.69. The maximum atomic E-state index is 5.83. The lowest BCUT2D eigenvalue weighted by molar-refractivity contribution is 0.881. The molecule has 2 aromatic rings. The second-order valence-electron chi connectivity index (χ2n) is 3.65. The molecule has 16 heavy (non-hydrogen) atoms. The molecule has 0 radical (unpaired) electrons. The number of anilines is 1. The van der Waals surface area contributed by atoms with Crippen LogP contribution in [-0.4, -0.2) is 4.98 Å². The number of nitrogens with one attached hydrogen (secondary N) is 1. The van der Waals surface area contributed by atoms with Crippen LogP contribution in [0.3, 0.4) is 0 Å². The van der Waals surface area contributed by atoms with Crippen molar-refractivity contribution in [1.29, 1.82) is 0 Å². The van der Waals surface area contributed by atoms with Crippen LogP contribution in [-0.2, 0) is 0 Å². The third kappa shape index (κ3) is 2.74. The van der Waals surface area contributed by atoms with Gasteiger partial charge in [-0.2, -0.15) is 0 Å². The summed E-state index contributed by atoms with van der Waals surface area (Å²) in [6.45, 7) is 2.12. The number of halogens is 1. The van der Waals surface area contributed by atoms with Crippen molar-refractivity contribution in [1.82, 2.24) is 4.98 Å². The summed E-state index contributed by atoms with van der Waals surface area (Å²) in [5, 5.41) is 4.15. The molecule has 0 aliphatic carbocycles. The van der Waals surface area contributed by atoms with Crippen molar-refractivity contribution in [3.05, 3.63) is 59.4 Å². The molecule has 1 N–H and O–H groups in total. The van der Waals surface area contributed by atoms with Gasteiger partial charge in [0.15, 0.2) is 0 Å². The van der Waals surface area contributed by atoms with Gasteiger partial charge in [0, 0.05) is 29.1 Å². The van der Waals surface area contributed by atoms with Crippen LogP contribution in [0, 0.1) is 0 Å². The molecule has 3 heteroatoms. The van der Waals surface area contributed by atoms with Gasteiger partial charge in [-0.3, -0.25) is 4.98 Å². The summed E-state index contributed by atoms with van der Waals surface area (Å²) in [7, 11) is 0. The molecular weight excluding hydrogens is 220 g/mol. The minimum Gasteiger partial charge on any atom is -0.379 e. The summed E-state index contributed by atoms with van der Waals surface area (Å²) in [6.07, 6.45) is 3.60. The molecule has 0 amide bonds. The topological polar surface area (TPSA) is 24.9 Å². The van der Waals surface area contributed by atoms with Crippen molar-refractivity contribution in [2.75, 3.05) is 5.32 Å². The Bertz CT molecular complexity index is 439. The first kappa shape index (κ1) is 11.0. The van der Waals surface area contributed by atoms with Crippen LogP contribution in [0.1, 0.15) is 18.5 Å². The van der Waals surface area contributed by atoms with E-state index in [0.717, 1.165) is 10.7 Å². The summed E-state index contributed by atoms with van der Waals surface area (Å²) in [4.78, 5) is 4.00. The van der Waals surface area contributed by atoms with Gasteiger partial charge in [-0.05, 0) is 48.9 Å². The van der Waals surface area contributed by atoms with E-state index in [-0.39, 0.29) is 6.04 Å². The highest BCUT2D eigenvalue weighted by atomic mass is 35.5. The maximum absolute atomic E-state index is 5.83. The Morgan fingerprint density at radius 2 is 1.69 bits per heavy atom. The quantitative estimate of drug-likeness (QED) is 0.868. The van der Waals surface area contributed by atoms with Crippen molar-refractivity contribution in [3.8, 4) is 0 Å². The lowest BCUT2D eigenvalue weighted by Crippen LogP contribution is -2.06. The minimum absolute atomic E-state index is 0.254. The molecule has 1 heterocycles. The Hall–Kier alpha value is -1.54. The Labute approximate surface area is 100 Å². The smallest absolute Gasteiger partial charge is 0.0486 e. The van der Waals surface area contributed by atoms with Crippen LogP contribution in [0.4, 0.5) is 5.69 Å². The fourth-order valence-electron chi connectivity index (χ4n) is 1.53. The number of rotatable bonds is 3. The molecule has 2 rings (SSSR count). The molecule has 1 aromatic carbocycles. The Kier molecular flexibility index (Phi) is 3.42. The molecule has 0 unspecified atom stereocenters. The molecule has 2 nitrogen and oxygen atoms in total. The van der Waals surface area contributed by atoms with Crippen molar-refractivity contribution < 1.29 is 0 Å². The Morgan fingerprint density at radius 1 is 1.06 bits per heavy atom. The average Bonchev–Trinajstić information content (AvgIpc) is 2.33. The van der Waals surface area contributed by atoms with Gasteiger partial charge in [-0.1, -0.05) is 11.6 Å². The monoisotopic (exact) mass is 232 g/mol. The molecule has 0 aliphatic heterocycles. The van der Waals surface area contributed by atoms with Crippen LogP contribution in [0.5, 0.6) is 0 Å².